The molecular weight excluding hydrogens is 309 g/mol. The maximum atomic E-state index is 6.32. The van der Waals surface area contributed by atoms with E-state index in [1.807, 2.05) is 31.2 Å². The van der Waals surface area contributed by atoms with Gasteiger partial charge in [0, 0.05) is 16.7 Å². The molecule has 0 aliphatic rings. The SMILES string of the molecule is CCOc1cc(Cl)c(C(N)c2ccccc2OC)cc1Cl. The van der Waals surface area contributed by atoms with Gasteiger partial charge in [-0.15, -0.1) is 0 Å². The van der Waals surface area contributed by atoms with Gasteiger partial charge in [0.2, 0.25) is 0 Å². The number of nitrogens with two attached hydrogens (primary N) is 1. The lowest BCUT2D eigenvalue weighted by Crippen LogP contribution is -2.13. The van der Waals surface area contributed by atoms with Crippen LogP contribution in [0.15, 0.2) is 36.4 Å². The smallest absolute Gasteiger partial charge is 0.139 e. The Morgan fingerprint density at radius 1 is 1.05 bits per heavy atom. The third-order valence-electron chi connectivity index (χ3n) is 3.16. The first kappa shape index (κ1) is 16.0. The molecule has 1 unspecified atom stereocenters. The molecule has 0 amide bonds. The third kappa shape index (κ3) is 3.43. The van der Waals surface area contributed by atoms with Crippen molar-refractivity contribution in [2.75, 3.05) is 13.7 Å². The Balaban J connectivity index is 2.44. The average Bonchev–Trinajstić information content (AvgIpc) is 2.50. The van der Waals surface area contributed by atoms with Crippen LogP contribution < -0.4 is 15.2 Å². The highest BCUT2D eigenvalue weighted by molar-refractivity contribution is 6.34. The first-order valence-corrected chi connectivity index (χ1v) is 7.34. The average molecular weight is 326 g/mol. The summed E-state index contributed by atoms with van der Waals surface area (Å²) in [5.74, 6) is 1.27. The molecule has 112 valence electrons. The zero-order valence-electron chi connectivity index (χ0n) is 11.9. The first-order chi connectivity index (χ1) is 10.1. The van der Waals surface area contributed by atoms with Crippen molar-refractivity contribution in [1.82, 2.24) is 0 Å². The Morgan fingerprint density at radius 3 is 2.43 bits per heavy atom. The first-order valence-electron chi connectivity index (χ1n) is 6.58. The Labute approximate surface area is 134 Å². The molecule has 2 N–H and O–H groups in total. The van der Waals surface area contributed by atoms with Gasteiger partial charge in [-0.2, -0.15) is 0 Å². The molecule has 3 nitrogen and oxygen atoms in total. The van der Waals surface area contributed by atoms with Gasteiger partial charge >= 0.3 is 0 Å². The van der Waals surface area contributed by atoms with Crippen molar-refractivity contribution in [3.63, 3.8) is 0 Å². The van der Waals surface area contributed by atoms with Crippen LogP contribution in [-0.2, 0) is 0 Å². The molecule has 0 bridgehead atoms. The van der Waals surface area contributed by atoms with Crippen LogP contribution in [0.4, 0.5) is 0 Å². The van der Waals surface area contributed by atoms with Crippen molar-refractivity contribution in [3.8, 4) is 11.5 Å². The largest absolute Gasteiger partial charge is 0.496 e. The topological polar surface area (TPSA) is 44.5 Å². The van der Waals surface area contributed by atoms with E-state index >= 15 is 0 Å². The minimum atomic E-state index is -0.429. The fraction of sp³-hybridized carbons (Fsp3) is 0.250. The Bertz CT molecular complexity index is 632. The van der Waals surface area contributed by atoms with E-state index in [4.69, 9.17) is 38.4 Å². The third-order valence-corrected chi connectivity index (χ3v) is 3.78. The number of hydrogen-bond acceptors (Lipinski definition) is 3. The summed E-state index contributed by atoms with van der Waals surface area (Å²) >= 11 is 12.5. The number of benzene rings is 2. The summed E-state index contributed by atoms with van der Waals surface area (Å²) in [6.45, 7) is 2.41. The van der Waals surface area contributed by atoms with Gasteiger partial charge in [0.05, 0.1) is 24.8 Å². The number of methoxy groups -OCH3 is 1. The summed E-state index contributed by atoms with van der Waals surface area (Å²) < 4.78 is 10.8. The summed E-state index contributed by atoms with van der Waals surface area (Å²) in [6, 6.07) is 10.6. The number of ether oxygens (including phenoxy) is 2. The monoisotopic (exact) mass is 325 g/mol. The fourth-order valence-electron chi connectivity index (χ4n) is 2.14. The van der Waals surface area contributed by atoms with Crippen LogP contribution in [0.3, 0.4) is 0 Å². The molecule has 21 heavy (non-hydrogen) atoms. The van der Waals surface area contributed by atoms with Gasteiger partial charge in [0.15, 0.2) is 0 Å². The quantitative estimate of drug-likeness (QED) is 0.883. The standard InChI is InChI=1S/C16H17Cl2NO2/c1-3-21-15-9-12(17)11(8-13(15)18)16(19)10-6-4-5-7-14(10)20-2/h4-9,16H,3,19H2,1-2H3. The highest BCUT2D eigenvalue weighted by Crippen LogP contribution is 2.37. The maximum absolute atomic E-state index is 6.32. The van der Waals surface area contributed by atoms with Crippen molar-refractivity contribution < 1.29 is 9.47 Å². The molecule has 0 heterocycles. The fourth-order valence-corrected chi connectivity index (χ4v) is 2.64. The van der Waals surface area contributed by atoms with Gasteiger partial charge in [-0.1, -0.05) is 41.4 Å². The number of hydrogen-bond donors (Lipinski definition) is 1. The van der Waals surface area contributed by atoms with E-state index in [0.717, 1.165) is 11.1 Å². The van der Waals surface area contributed by atoms with Crippen molar-refractivity contribution in [2.45, 2.75) is 13.0 Å². The maximum Gasteiger partial charge on any atom is 0.139 e. The van der Waals surface area contributed by atoms with Crippen LogP contribution in [0.25, 0.3) is 0 Å². The highest BCUT2D eigenvalue weighted by Gasteiger charge is 2.18. The Hall–Kier alpha value is -1.42. The van der Waals surface area contributed by atoms with E-state index in [1.165, 1.54) is 0 Å². The molecule has 0 saturated heterocycles. The zero-order valence-corrected chi connectivity index (χ0v) is 13.4. The summed E-state index contributed by atoms with van der Waals surface area (Å²) in [5, 5.41) is 1.00. The molecule has 0 aliphatic carbocycles. The molecule has 0 spiro atoms. The molecule has 0 aliphatic heterocycles. The van der Waals surface area contributed by atoms with E-state index in [-0.39, 0.29) is 0 Å². The summed E-state index contributed by atoms with van der Waals surface area (Å²) in [6.07, 6.45) is 0. The number of para-hydroxylation sites is 1. The minimum absolute atomic E-state index is 0.429. The van der Waals surface area contributed by atoms with Crippen LogP contribution in [0.1, 0.15) is 24.1 Å². The second-order valence-corrected chi connectivity index (χ2v) is 5.27. The second-order valence-electron chi connectivity index (χ2n) is 4.46. The highest BCUT2D eigenvalue weighted by atomic mass is 35.5. The van der Waals surface area contributed by atoms with E-state index < -0.39 is 6.04 Å². The molecule has 2 aromatic rings. The molecule has 0 radical (unpaired) electrons. The van der Waals surface area contributed by atoms with Gasteiger partial charge in [0.25, 0.3) is 0 Å². The van der Waals surface area contributed by atoms with Gasteiger partial charge in [-0.3, -0.25) is 0 Å². The van der Waals surface area contributed by atoms with Gasteiger partial charge in [0.1, 0.15) is 11.5 Å². The lowest BCUT2D eigenvalue weighted by molar-refractivity contribution is 0.340. The van der Waals surface area contributed by atoms with E-state index in [1.54, 1.807) is 19.2 Å². The van der Waals surface area contributed by atoms with Crippen molar-refractivity contribution >= 4 is 23.2 Å². The van der Waals surface area contributed by atoms with Gasteiger partial charge in [-0.05, 0) is 24.6 Å². The predicted octanol–water partition coefficient (Wildman–Crippen LogP) is 4.45. The lowest BCUT2D eigenvalue weighted by Gasteiger charge is -2.18. The summed E-state index contributed by atoms with van der Waals surface area (Å²) in [4.78, 5) is 0. The van der Waals surface area contributed by atoms with Gasteiger partial charge < -0.3 is 15.2 Å². The Kier molecular flexibility index (Phi) is 5.34. The molecule has 2 rings (SSSR count). The van der Waals surface area contributed by atoms with E-state index in [2.05, 4.69) is 0 Å². The number of halogens is 2. The molecule has 0 saturated carbocycles. The lowest BCUT2D eigenvalue weighted by atomic mass is 9.98. The molecule has 2 aromatic carbocycles. The zero-order chi connectivity index (χ0) is 15.4. The van der Waals surface area contributed by atoms with Crippen molar-refractivity contribution in [3.05, 3.63) is 57.6 Å². The van der Waals surface area contributed by atoms with Crippen LogP contribution in [0.2, 0.25) is 10.0 Å². The van der Waals surface area contributed by atoms with Crippen LogP contribution >= 0.6 is 23.2 Å². The summed E-state index contributed by atoms with van der Waals surface area (Å²) in [7, 11) is 1.61. The van der Waals surface area contributed by atoms with E-state index in [9.17, 15) is 0 Å². The molecule has 0 fully saturated rings. The molecular formula is C16H17Cl2NO2. The van der Waals surface area contributed by atoms with Crippen LogP contribution in [-0.4, -0.2) is 13.7 Å². The van der Waals surface area contributed by atoms with Crippen molar-refractivity contribution in [2.24, 2.45) is 5.73 Å². The van der Waals surface area contributed by atoms with Crippen LogP contribution in [0.5, 0.6) is 11.5 Å². The molecule has 1 atom stereocenters. The van der Waals surface area contributed by atoms with Crippen LogP contribution in [0, 0.1) is 0 Å². The molecule has 0 aromatic heterocycles. The minimum Gasteiger partial charge on any atom is -0.496 e. The van der Waals surface area contributed by atoms with Crippen molar-refractivity contribution in [1.29, 1.82) is 0 Å². The Morgan fingerprint density at radius 2 is 1.76 bits per heavy atom. The number of rotatable bonds is 5. The molecule has 5 heteroatoms. The second kappa shape index (κ2) is 7.03. The summed E-state index contributed by atoms with van der Waals surface area (Å²) in [5.41, 5.74) is 7.90. The van der Waals surface area contributed by atoms with Gasteiger partial charge in [-0.25, -0.2) is 0 Å². The predicted molar refractivity (Wildman–Crippen MR) is 86.7 cm³/mol. The normalized spacial score (nSPS) is 12.0. The van der Waals surface area contributed by atoms with E-state index in [0.29, 0.717) is 28.2 Å².